The summed E-state index contributed by atoms with van der Waals surface area (Å²) in [6.07, 6.45) is 2.10. The number of aryl methyl sites for hydroxylation is 1. The number of nitrogens with one attached hydrogen (secondary N) is 1. The highest BCUT2D eigenvalue weighted by Crippen LogP contribution is 2.25. The second kappa shape index (κ2) is 3.49. The minimum absolute atomic E-state index is 0.371. The van der Waals surface area contributed by atoms with Gasteiger partial charge >= 0.3 is 0 Å². The third-order valence-corrected chi connectivity index (χ3v) is 3.04. The van der Waals surface area contributed by atoms with Crippen LogP contribution >= 0.6 is 0 Å². The smallest absolute Gasteiger partial charge is 0.192 e. The van der Waals surface area contributed by atoms with E-state index in [1.54, 1.807) is 0 Å². The summed E-state index contributed by atoms with van der Waals surface area (Å²) in [5, 5.41) is 3.45. The highest BCUT2D eigenvalue weighted by molar-refractivity contribution is 5.77. The summed E-state index contributed by atoms with van der Waals surface area (Å²) in [6, 6.07) is 6.89. The molecule has 2 aromatic rings. The van der Waals surface area contributed by atoms with Crippen LogP contribution in [0.4, 0.5) is 5.69 Å². The van der Waals surface area contributed by atoms with Gasteiger partial charge in [-0.25, -0.2) is 4.98 Å². The quantitative estimate of drug-likeness (QED) is 0.808. The van der Waals surface area contributed by atoms with Crippen LogP contribution in [0.1, 0.15) is 18.7 Å². The van der Waals surface area contributed by atoms with E-state index >= 15 is 0 Å². The zero-order chi connectivity index (χ0) is 11.1. The Kier molecular flexibility index (Phi) is 2.11. The summed E-state index contributed by atoms with van der Waals surface area (Å²) < 4.78 is 5.43. The second-order valence-corrected chi connectivity index (χ2v) is 4.49. The third kappa shape index (κ3) is 1.65. The number of anilines is 1. The molecule has 0 saturated heterocycles. The van der Waals surface area contributed by atoms with E-state index in [0.717, 1.165) is 29.6 Å². The topological polar surface area (TPSA) is 64.1 Å². The first-order chi connectivity index (χ1) is 7.70. The number of nitrogens with two attached hydrogens (primary N) is 1. The van der Waals surface area contributed by atoms with Gasteiger partial charge in [0.25, 0.3) is 0 Å². The maximum atomic E-state index is 5.75. The summed E-state index contributed by atoms with van der Waals surface area (Å²) in [4.78, 5) is 4.31. The average molecular weight is 217 g/mol. The third-order valence-electron chi connectivity index (χ3n) is 3.04. The lowest BCUT2D eigenvalue weighted by atomic mass is 9.87. The highest BCUT2D eigenvalue weighted by Gasteiger charge is 2.25. The molecule has 16 heavy (non-hydrogen) atoms. The fraction of sp³-hybridized carbons (Fsp3) is 0.417. The van der Waals surface area contributed by atoms with Gasteiger partial charge in [-0.3, -0.25) is 0 Å². The lowest BCUT2D eigenvalue weighted by molar-refractivity contribution is 0.374. The van der Waals surface area contributed by atoms with Gasteiger partial charge in [-0.1, -0.05) is 0 Å². The molecule has 0 bridgehead atoms. The van der Waals surface area contributed by atoms with Gasteiger partial charge in [-0.15, -0.1) is 0 Å². The Balaban J connectivity index is 1.82. The van der Waals surface area contributed by atoms with Crippen LogP contribution in [-0.2, 0) is 0 Å². The Morgan fingerprint density at radius 1 is 1.44 bits per heavy atom. The lowest BCUT2D eigenvalue weighted by Gasteiger charge is -2.33. The monoisotopic (exact) mass is 217 g/mol. The van der Waals surface area contributed by atoms with Gasteiger partial charge in [0.15, 0.2) is 11.5 Å². The molecule has 1 aromatic carbocycles. The molecule has 0 unspecified atom stereocenters. The molecule has 1 fully saturated rings. The van der Waals surface area contributed by atoms with E-state index in [-0.39, 0.29) is 0 Å². The molecule has 4 heteroatoms. The van der Waals surface area contributed by atoms with E-state index in [2.05, 4.69) is 10.3 Å². The van der Waals surface area contributed by atoms with Crippen LogP contribution in [0.25, 0.3) is 11.1 Å². The maximum Gasteiger partial charge on any atom is 0.192 e. The van der Waals surface area contributed by atoms with Crippen LogP contribution in [-0.4, -0.2) is 17.1 Å². The highest BCUT2D eigenvalue weighted by atomic mass is 16.3. The first-order valence-corrected chi connectivity index (χ1v) is 5.60. The van der Waals surface area contributed by atoms with E-state index in [1.807, 2.05) is 25.1 Å². The molecule has 0 amide bonds. The number of oxazole rings is 1. The van der Waals surface area contributed by atoms with Crippen molar-refractivity contribution in [1.29, 1.82) is 0 Å². The Labute approximate surface area is 93.8 Å². The molecule has 1 aliphatic rings. The van der Waals surface area contributed by atoms with Crippen molar-refractivity contribution in [3.63, 3.8) is 0 Å². The van der Waals surface area contributed by atoms with Gasteiger partial charge in [0.05, 0.1) is 0 Å². The lowest BCUT2D eigenvalue weighted by Crippen LogP contribution is -2.44. The summed E-state index contributed by atoms with van der Waals surface area (Å²) in [6.45, 7) is 1.86. The molecule has 4 nitrogen and oxygen atoms in total. The number of hydrogen-bond donors (Lipinski definition) is 2. The first kappa shape index (κ1) is 9.66. The number of rotatable bonds is 2. The number of nitrogens with zero attached hydrogens (tertiary/aromatic N) is 1. The summed E-state index contributed by atoms with van der Waals surface area (Å²) in [5.41, 5.74) is 8.59. The number of hydrogen-bond acceptors (Lipinski definition) is 4. The van der Waals surface area contributed by atoms with Crippen molar-refractivity contribution in [1.82, 2.24) is 4.98 Å². The zero-order valence-electron chi connectivity index (χ0n) is 9.23. The molecule has 1 aliphatic carbocycles. The minimum atomic E-state index is 0.371. The SMILES string of the molecule is Cc1nc2cc(NC3CC(N)C3)ccc2o1. The largest absolute Gasteiger partial charge is 0.441 e. The Morgan fingerprint density at radius 3 is 3.00 bits per heavy atom. The summed E-state index contributed by atoms with van der Waals surface area (Å²) in [7, 11) is 0. The van der Waals surface area contributed by atoms with Crippen molar-refractivity contribution < 1.29 is 4.42 Å². The Bertz CT molecular complexity index is 514. The fourth-order valence-electron chi connectivity index (χ4n) is 2.15. The van der Waals surface area contributed by atoms with E-state index < -0.39 is 0 Å². The molecule has 3 N–H and O–H groups in total. The van der Waals surface area contributed by atoms with Gasteiger partial charge < -0.3 is 15.5 Å². The number of benzene rings is 1. The van der Waals surface area contributed by atoms with Crippen LogP contribution in [0.3, 0.4) is 0 Å². The van der Waals surface area contributed by atoms with E-state index in [4.69, 9.17) is 10.2 Å². The van der Waals surface area contributed by atoms with Crippen LogP contribution in [0.5, 0.6) is 0 Å². The first-order valence-electron chi connectivity index (χ1n) is 5.60. The van der Waals surface area contributed by atoms with Crippen molar-refractivity contribution >= 4 is 16.8 Å². The minimum Gasteiger partial charge on any atom is -0.441 e. The van der Waals surface area contributed by atoms with Crippen molar-refractivity contribution in [2.45, 2.75) is 31.8 Å². The van der Waals surface area contributed by atoms with Gasteiger partial charge in [-0.05, 0) is 31.0 Å². The molecule has 1 aromatic heterocycles. The number of aromatic nitrogens is 1. The molecule has 3 rings (SSSR count). The Hall–Kier alpha value is -1.55. The molecule has 1 heterocycles. The van der Waals surface area contributed by atoms with Crippen LogP contribution in [0.15, 0.2) is 22.6 Å². The van der Waals surface area contributed by atoms with E-state index in [1.165, 1.54) is 0 Å². The van der Waals surface area contributed by atoms with Crippen LogP contribution < -0.4 is 11.1 Å². The van der Waals surface area contributed by atoms with E-state index in [9.17, 15) is 0 Å². The van der Waals surface area contributed by atoms with Gasteiger partial charge in [0, 0.05) is 24.7 Å². The second-order valence-electron chi connectivity index (χ2n) is 4.49. The zero-order valence-corrected chi connectivity index (χ0v) is 9.23. The number of fused-ring (bicyclic) bond motifs is 1. The van der Waals surface area contributed by atoms with Crippen molar-refractivity contribution in [3.05, 3.63) is 24.1 Å². The van der Waals surface area contributed by atoms with Crippen LogP contribution in [0, 0.1) is 6.92 Å². The molecular weight excluding hydrogens is 202 g/mol. The van der Waals surface area contributed by atoms with Gasteiger partial charge in [0.1, 0.15) is 5.52 Å². The molecule has 0 spiro atoms. The van der Waals surface area contributed by atoms with Gasteiger partial charge in [0.2, 0.25) is 0 Å². The standard InChI is InChI=1S/C12H15N3O/c1-7-14-11-6-9(2-3-12(11)16-7)15-10-4-8(13)5-10/h2-3,6,8,10,15H,4-5,13H2,1H3. The molecule has 0 aliphatic heterocycles. The van der Waals surface area contributed by atoms with Crippen LogP contribution in [0.2, 0.25) is 0 Å². The van der Waals surface area contributed by atoms with Crippen molar-refractivity contribution in [2.75, 3.05) is 5.32 Å². The normalized spacial score (nSPS) is 24.4. The predicted molar refractivity (Wildman–Crippen MR) is 63.4 cm³/mol. The predicted octanol–water partition coefficient (Wildman–Crippen LogP) is 2.04. The van der Waals surface area contributed by atoms with Crippen molar-refractivity contribution in [3.8, 4) is 0 Å². The maximum absolute atomic E-state index is 5.75. The molecule has 0 radical (unpaired) electrons. The van der Waals surface area contributed by atoms with E-state index in [0.29, 0.717) is 18.0 Å². The van der Waals surface area contributed by atoms with Crippen molar-refractivity contribution in [2.24, 2.45) is 5.73 Å². The fourth-order valence-corrected chi connectivity index (χ4v) is 2.15. The molecule has 1 saturated carbocycles. The summed E-state index contributed by atoms with van der Waals surface area (Å²) in [5.74, 6) is 0.706. The Morgan fingerprint density at radius 2 is 2.25 bits per heavy atom. The summed E-state index contributed by atoms with van der Waals surface area (Å²) >= 11 is 0. The molecular formula is C12H15N3O. The average Bonchev–Trinajstić information content (AvgIpc) is 2.55. The molecule has 84 valence electrons. The van der Waals surface area contributed by atoms with Gasteiger partial charge in [-0.2, -0.15) is 0 Å². The molecule has 0 atom stereocenters.